The minimum absolute atomic E-state index is 0.0428. The standard InChI is InChI=1S/C21H21N5O3S/c1-13-7-8-15(20(27)18-6-4-5-9-22-18)10-19(13)25-30(28,29)16-11-17-14(2)24-26(3)21(17)23-12-16/h4-12,20,25,27H,1-3H3/t20-/m1/s1. The van der Waals surface area contributed by atoms with Gasteiger partial charge in [-0.15, -0.1) is 0 Å². The fraction of sp³-hybridized carbons (Fsp3) is 0.190. The van der Waals surface area contributed by atoms with E-state index in [4.69, 9.17) is 0 Å². The number of hydrogen-bond acceptors (Lipinski definition) is 6. The van der Waals surface area contributed by atoms with Gasteiger partial charge in [0, 0.05) is 24.8 Å². The quantitative estimate of drug-likeness (QED) is 0.511. The van der Waals surface area contributed by atoms with Gasteiger partial charge in [-0.3, -0.25) is 14.4 Å². The maximum Gasteiger partial charge on any atom is 0.263 e. The molecule has 2 N–H and O–H groups in total. The van der Waals surface area contributed by atoms with Crippen molar-refractivity contribution in [3.05, 3.63) is 77.4 Å². The molecule has 9 heteroatoms. The number of nitrogens with zero attached hydrogens (tertiary/aromatic N) is 4. The van der Waals surface area contributed by atoms with Gasteiger partial charge < -0.3 is 5.11 Å². The van der Waals surface area contributed by atoms with E-state index in [1.165, 1.54) is 6.20 Å². The molecule has 1 aromatic carbocycles. The van der Waals surface area contributed by atoms with E-state index in [1.807, 2.05) is 0 Å². The second-order valence-electron chi connectivity index (χ2n) is 7.09. The second kappa shape index (κ2) is 7.51. The van der Waals surface area contributed by atoms with Crippen molar-refractivity contribution in [1.29, 1.82) is 0 Å². The lowest BCUT2D eigenvalue weighted by Gasteiger charge is -2.15. The zero-order valence-electron chi connectivity index (χ0n) is 16.7. The number of aliphatic hydroxyl groups is 1. The molecule has 0 amide bonds. The molecule has 0 radical (unpaired) electrons. The fourth-order valence-corrected chi connectivity index (χ4v) is 4.36. The first-order chi connectivity index (χ1) is 14.3. The van der Waals surface area contributed by atoms with Crippen LogP contribution in [0.3, 0.4) is 0 Å². The Balaban J connectivity index is 1.69. The number of anilines is 1. The Kier molecular flexibility index (Phi) is 5.00. The summed E-state index contributed by atoms with van der Waals surface area (Å²) in [5, 5.41) is 15.6. The smallest absolute Gasteiger partial charge is 0.263 e. The third-order valence-electron chi connectivity index (χ3n) is 4.94. The largest absolute Gasteiger partial charge is 0.382 e. The molecule has 4 aromatic rings. The number of hydrogen-bond donors (Lipinski definition) is 2. The Morgan fingerprint density at radius 3 is 2.63 bits per heavy atom. The van der Waals surface area contributed by atoms with Crippen LogP contribution in [-0.4, -0.2) is 33.3 Å². The zero-order chi connectivity index (χ0) is 21.5. The Labute approximate surface area is 174 Å². The lowest BCUT2D eigenvalue weighted by molar-refractivity contribution is 0.215. The molecule has 0 aliphatic rings. The molecule has 0 saturated carbocycles. The topological polar surface area (TPSA) is 110 Å². The van der Waals surface area contributed by atoms with Crippen LogP contribution in [0.25, 0.3) is 11.0 Å². The van der Waals surface area contributed by atoms with Crippen molar-refractivity contribution in [3.63, 3.8) is 0 Å². The number of aryl methyl sites for hydroxylation is 3. The Hall–Kier alpha value is -3.30. The van der Waals surface area contributed by atoms with Crippen LogP contribution in [0.2, 0.25) is 0 Å². The van der Waals surface area contributed by atoms with Gasteiger partial charge in [-0.05, 0) is 49.2 Å². The zero-order valence-corrected chi connectivity index (χ0v) is 17.6. The van der Waals surface area contributed by atoms with E-state index in [0.717, 1.165) is 5.56 Å². The highest BCUT2D eigenvalue weighted by atomic mass is 32.2. The third kappa shape index (κ3) is 3.64. The van der Waals surface area contributed by atoms with Crippen molar-refractivity contribution in [2.24, 2.45) is 7.05 Å². The number of benzene rings is 1. The van der Waals surface area contributed by atoms with E-state index in [2.05, 4.69) is 19.8 Å². The summed E-state index contributed by atoms with van der Waals surface area (Å²) in [4.78, 5) is 8.46. The molecule has 3 aromatic heterocycles. The van der Waals surface area contributed by atoms with Crippen molar-refractivity contribution < 1.29 is 13.5 Å². The van der Waals surface area contributed by atoms with Crippen LogP contribution in [0.5, 0.6) is 0 Å². The summed E-state index contributed by atoms with van der Waals surface area (Å²) >= 11 is 0. The van der Waals surface area contributed by atoms with Gasteiger partial charge in [0.05, 0.1) is 17.1 Å². The Morgan fingerprint density at radius 1 is 1.10 bits per heavy atom. The molecule has 3 heterocycles. The van der Waals surface area contributed by atoms with Gasteiger partial charge in [0.1, 0.15) is 11.0 Å². The average molecular weight is 423 g/mol. The van der Waals surface area contributed by atoms with Crippen molar-refractivity contribution in [2.75, 3.05) is 4.72 Å². The first kappa shape index (κ1) is 20.0. The summed E-state index contributed by atoms with van der Waals surface area (Å²) in [5.41, 5.74) is 3.44. The molecule has 154 valence electrons. The van der Waals surface area contributed by atoms with E-state index >= 15 is 0 Å². The van der Waals surface area contributed by atoms with Gasteiger partial charge in [-0.1, -0.05) is 18.2 Å². The molecule has 30 heavy (non-hydrogen) atoms. The van der Waals surface area contributed by atoms with Gasteiger partial charge in [0.25, 0.3) is 10.0 Å². The number of nitrogens with one attached hydrogen (secondary N) is 1. The summed E-state index contributed by atoms with van der Waals surface area (Å²) in [7, 11) is -2.13. The number of pyridine rings is 2. The van der Waals surface area contributed by atoms with Crippen molar-refractivity contribution >= 4 is 26.7 Å². The van der Waals surface area contributed by atoms with Crippen LogP contribution in [0.15, 0.2) is 59.8 Å². The average Bonchev–Trinajstić information content (AvgIpc) is 3.03. The third-order valence-corrected chi connectivity index (χ3v) is 6.27. The van der Waals surface area contributed by atoms with Gasteiger partial charge in [0.15, 0.2) is 5.65 Å². The normalized spacial score (nSPS) is 12.8. The van der Waals surface area contributed by atoms with E-state index in [1.54, 1.807) is 74.2 Å². The molecule has 1 atom stereocenters. The Morgan fingerprint density at radius 2 is 1.90 bits per heavy atom. The number of fused-ring (bicyclic) bond motifs is 1. The van der Waals surface area contributed by atoms with Gasteiger partial charge in [-0.2, -0.15) is 5.10 Å². The maximum atomic E-state index is 13.0. The van der Waals surface area contributed by atoms with Crippen LogP contribution >= 0.6 is 0 Å². The minimum Gasteiger partial charge on any atom is -0.382 e. The second-order valence-corrected chi connectivity index (χ2v) is 8.77. The van der Waals surface area contributed by atoms with E-state index in [-0.39, 0.29) is 4.90 Å². The van der Waals surface area contributed by atoms with Crippen LogP contribution in [0.4, 0.5) is 5.69 Å². The summed E-state index contributed by atoms with van der Waals surface area (Å²) < 4.78 is 30.3. The fourth-order valence-electron chi connectivity index (χ4n) is 3.27. The molecule has 8 nitrogen and oxygen atoms in total. The number of aromatic nitrogens is 4. The van der Waals surface area contributed by atoms with Crippen LogP contribution < -0.4 is 4.72 Å². The molecule has 0 aliphatic heterocycles. The maximum absolute atomic E-state index is 13.0. The SMILES string of the molecule is Cc1ccc([C@@H](O)c2ccccn2)cc1NS(=O)(=O)c1cnc2c(c1)c(C)nn2C. The Bertz CT molecular complexity index is 1330. The molecular weight excluding hydrogens is 402 g/mol. The molecule has 0 unspecified atom stereocenters. The van der Waals surface area contributed by atoms with Crippen LogP contribution in [-0.2, 0) is 17.1 Å². The first-order valence-corrected chi connectivity index (χ1v) is 10.8. The highest BCUT2D eigenvalue weighted by molar-refractivity contribution is 7.92. The first-order valence-electron chi connectivity index (χ1n) is 9.28. The lowest BCUT2D eigenvalue weighted by Crippen LogP contribution is -2.15. The highest BCUT2D eigenvalue weighted by Crippen LogP contribution is 2.27. The van der Waals surface area contributed by atoms with Crippen LogP contribution in [0, 0.1) is 13.8 Å². The van der Waals surface area contributed by atoms with Crippen molar-refractivity contribution in [2.45, 2.75) is 24.8 Å². The predicted octanol–water partition coefficient (Wildman–Crippen LogP) is 2.86. The summed E-state index contributed by atoms with van der Waals surface area (Å²) in [6, 6.07) is 12.0. The van der Waals surface area contributed by atoms with Crippen LogP contribution in [0.1, 0.15) is 28.6 Å². The highest BCUT2D eigenvalue weighted by Gasteiger charge is 2.20. The summed E-state index contributed by atoms with van der Waals surface area (Å²) in [5.74, 6) is 0. The van der Waals surface area contributed by atoms with Gasteiger partial charge in [0.2, 0.25) is 0 Å². The number of rotatable bonds is 5. The lowest BCUT2D eigenvalue weighted by atomic mass is 10.0. The van der Waals surface area contributed by atoms with E-state index in [0.29, 0.717) is 33.7 Å². The summed E-state index contributed by atoms with van der Waals surface area (Å²) in [6.45, 7) is 3.60. The van der Waals surface area contributed by atoms with Gasteiger partial charge in [-0.25, -0.2) is 13.4 Å². The molecule has 0 spiro atoms. The monoisotopic (exact) mass is 423 g/mol. The van der Waals surface area contributed by atoms with Crippen molar-refractivity contribution in [1.82, 2.24) is 19.7 Å². The predicted molar refractivity (Wildman–Crippen MR) is 114 cm³/mol. The molecule has 0 aliphatic carbocycles. The molecule has 0 fully saturated rings. The molecule has 0 saturated heterocycles. The van der Waals surface area contributed by atoms with Crippen molar-refractivity contribution in [3.8, 4) is 0 Å². The molecule has 4 rings (SSSR count). The number of aliphatic hydroxyl groups excluding tert-OH is 1. The molecular formula is C21H21N5O3S. The summed E-state index contributed by atoms with van der Waals surface area (Å²) in [6.07, 6.45) is 1.94. The van der Waals surface area contributed by atoms with E-state index in [9.17, 15) is 13.5 Å². The van der Waals surface area contributed by atoms with Gasteiger partial charge >= 0.3 is 0 Å². The van der Waals surface area contributed by atoms with E-state index < -0.39 is 16.1 Å². The molecule has 0 bridgehead atoms. The minimum atomic E-state index is -3.89. The number of sulfonamides is 1.